The van der Waals surface area contributed by atoms with Crippen molar-refractivity contribution in [2.24, 2.45) is 5.41 Å². The quantitative estimate of drug-likeness (QED) is 0.770. The third kappa shape index (κ3) is 4.52. The number of hydrogen-bond donors (Lipinski definition) is 1. The Balaban J connectivity index is 2.40. The first kappa shape index (κ1) is 18.8. The molecule has 0 spiro atoms. The number of rotatable bonds is 3. The zero-order chi connectivity index (χ0) is 18.3. The summed E-state index contributed by atoms with van der Waals surface area (Å²) < 4.78 is 5.21. The van der Waals surface area contributed by atoms with Crippen LogP contribution < -0.4 is 10.9 Å². The Kier molecular flexibility index (Phi) is 5.03. The van der Waals surface area contributed by atoms with Gasteiger partial charge in [0.15, 0.2) is 5.58 Å². The Labute approximate surface area is 151 Å². The van der Waals surface area contributed by atoms with Crippen LogP contribution in [0.15, 0.2) is 27.4 Å². The maximum absolute atomic E-state index is 12.5. The van der Waals surface area contributed by atoms with E-state index in [0.29, 0.717) is 10.4 Å². The standard InChI is InChI=1S/C18H21Cl2NO3/c1-17(2,3)9-18(4,5)21-15(22)12-7-10-6-11(19)8-13(20)14(10)24-16(12)23/h6-8H,9H2,1-5H3,(H,21,22). The van der Waals surface area contributed by atoms with E-state index in [1.54, 1.807) is 6.07 Å². The van der Waals surface area contributed by atoms with Crippen LogP contribution in [0.3, 0.4) is 0 Å². The summed E-state index contributed by atoms with van der Waals surface area (Å²) >= 11 is 12.0. The minimum Gasteiger partial charge on any atom is -0.421 e. The third-order valence-electron chi connectivity index (χ3n) is 3.42. The molecule has 1 N–H and O–H groups in total. The van der Waals surface area contributed by atoms with E-state index in [0.717, 1.165) is 6.42 Å². The van der Waals surface area contributed by atoms with E-state index >= 15 is 0 Å². The highest BCUT2D eigenvalue weighted by molar-refractivity contribution is 6.38. The van der Waals surface area contributed by atoms with Crippen molar-refractivity contribution in [2.45, 2.75) is 46.6 Å². The fourth-order valence-corrected chi connectivity index (χ4v) is 3.61. The molecule has 0 aliphatic heterocycles. The summed E-state index contributed by atoms with van der Waals surface area (Å²) in [6.45, 7) is 10.1. The third-order valence-corrected chi connectivity index (χ3v) is 3.92. The zero-order valence-corrected chi connectivity index (χ0v) is 15.9. The average molecular weight is 370 g/mol. The van der Waals surface area contributed by atoms with Crippen LogP contribution in [0.5, 0.6) is 0 Å². The normalized spacial score (nSPS) is 12.5. The van der Waals surface area contributed by atoms with Gasteiger partial charge in [-0.05, 0) is 43.9 Å². The van der Waals surface area contributed by atoms with Gasteiger partial charge in [0.05, 0.1) is 5.02 Å². The van der Waals surface area contributed by atoms with Crippen molar-refractivity contribution in [2.75, 3.05) is 0 Å². The number of benzene rings is 1. The molecule has 0 aliphatic carbocycles. The van der Waals surface area contributed by atoms with Crippen molar-refractivity contribution in [3.8, 4) is 0 Å². The second kappa shape index (κ2) is 6.41. The van der Waals surface area contributed by atoms with Gasteiger partial charge in [0.25, 0.3) is 5.91 Å². The van der Waals surface area contributed by atoms with Crippen LogP contribution in [0.2, 0.25) is 10.0 Å². The van der Waals surface area contributed by atoms with Crippen molar-refractivity contribution in [1.82, 2.24) is 5.32 Å². The van der Waals surface area contributed by atoms with E-state index in [4.69, 9.17) is 27.6 Å². The van der Waals surface area contributed by atoms with Gasteiger partial charge in [-0.2, -0.15) is 0 Å². The maximum atomic E-state index is 12.5. The molecule has 0 radical (unpaired) electrons. The highest BCUT2D eigenvalue weighted by Gasteiger charge is 2.28. The van der Waals surface area contributed by atoms with Crippen molar-refractivity contribution in [3.05, 3.63) is 44.2 Å². The summed E-state index contributed by atoms with van der Waals surface area (Å²) in [5, 5.41) is 4.04. The van der Waals surface area contributed by atoms with Gasteiger partial charge >= 0.3 is 5.63 Å². The average Bonchev–Trinajstić information content (AvgIpc) is 2.35. The Morgan fingerprint density at radius 3 is 2.33 bits per heavy atom. The predicted octanol–water partition coefficient (Wildman–Crippen LogP) is 5.04. The first-order valence-corrected chi connectivity index (χ1v) is 8.39. The van der Waals surface area contributed by atoms with Crippen LogP contribution in [0.4, 0.5) is 0 Å². The van der Waals surface area contributed by atoms with E-state index in [1.807, 2.05) is 13.8 Å². The largest absolute Gasteiger partial charge is 0.421 e. The maximum Gasteiger partial charge on any atom is 0.349 e. The van der Waals surface area contributed by atoms with Crippen LogP contribution in [0.25, 0.3) is 11.0 Å². The van der Waals surface area contributed by atoms with Gasteiger partial charge in [-0.25, -0.2) is 4.79 Å². The van der Waals surface area contributed by atoms with Gasteiger partial charge in [0.1, 0.15) is 5.56 Å². The summed E-state index contributed by atoms with van der Waals surface area (Å²) in [6.07, 6.45) is 0.752. The Morgan fingerprint density at radius 1 is 1.12 bits per heavy atom. The summed E-state index contributed by atoms with van der Waals surface area (Å²) in [4.78, 5) is 24.7. The molecular weight excluding hydrogens is 349 g/mol. The SMILES string of the molecule is CC(C)(C)CC(C)(C)NC(=O)c1cc2cc(Cl)cc(Cl)c2oc1=O. The summed E-state index contributed by atoms with van der Waals surface area (Å²) in [5.41, 5.74) is -1.01. The number of fused-ring (bicyclic) bond motifs is 1. The molecule has 1 aromatic carbocycles. The number of halogens is 2. The van der Waals surface area contributed by atoms with Crippen molar-refractivity contribution < 1.29 is 9.21 Å². The molecule has 0 aliphatic rings. The van der Waals surface area contributed by atoms with Crippen LogP contribution in [0.1, 0.15) is 51.4 Å². The lowest BCUT2D eigenvalue weighted by atomic mass is 9.81. The van der Waals surface area contributed by atoms with Crippen LogP contribution in [-0.4, -0.2) is 11.4 Å². The van der Waals surface area contributed by atoms with Gasteiger partial charge < -0.3 is 9.73 Å². The summed E-state index contributed by atoms with van der Waals surface area (Å²) in [7, 11) is 0. The van der Waals surface area contributed by atoms with Gasteiger partial charge in [-0.3, -0.25) is 4.79 Å². The molecule has 0 bridgehead atoms. The summed E-state index contributed by atoms with van der Waals surface area (Å²) in [6, 6.07) is 4.55. The minimum absolute atomic E-state index is 0.0336. The van der Waals surface area contributed by atoms with E-state index in [-0.39, 0.29) is 21.6 Å². The van der Waals surface area contributed by atoms with Crippen molar-refractivity contribution in [3.63, 3.8) is 0 Å². The molecule has 0 atom stereocenters. The number of hydrogen-bond acceptors (Lipinski definition) is 3. The molecule has 2 aromatic rings. The van der Waals surface area contributed by atoms with E-state index in [2.05, 4.69) is 26.1 Å². The molecule has 1 heterocycles. The monoisotopic (exact) mass is 369 g/mol. The van der Waals surface area contributed by atoms with Crippen LogP contribution in [-0.2, 0) is 0 Å². The molecule has 0 saturated carbocycles. The first-order chi connectivity index (χ1) is 10.9. The molecule has 0 fully saturated rings. The minimum atomic E-state index is -0.726. The lowest BCUT2D eigenvalue weighted by Crippen LogP contribution is -2.46. The Hall–Kier alpha value is -1.52. The zero-order valence-electron chi connectivity index (χ0n) is 14.4. The molecule has 2 rings (SSSR count). The van der Waals surface area contributed by atoms with Gasteiger partial charge in [-0.15, -0.1) is 0 Å². The molecule has 130 valence electrons. The lowest BCUT2D eigenvalue weighted by Gasteiger charge is -2.33. The molecule has 6 heteroatoms. The first-order valence-electron chi connectivity index (χ1n) is 7.63. The highest BCUT2D eigenvalue weighted by Crippen LogP contribution is 2.29. The predicted molar refractivity (Wildman–Crippen MR) is 98.1 cm³/mol. The topological polar surface area (TPSA) is 59.3 Å². The Morgan fingerprint density at radius 2 is 1.75 bits per heavy atom. The smallest absolute Gasteiger partial charge is 0.349 e. The molecule has 4 nitrogen and oxygen atoms in total. The fraction of sp³-hybridized carbons (Fsp3) is 0.444. The molecule has 24 heavy (non-hydrogen) atoms. The molecule has 1 amide bonds. The van der Waals surface area contributed by atoms with Gasteiger partial charge in [0.2, 0.25) is 0 Å². The van der Waals surface area contributed by atoms with Crippen molar-refractivity contribution >= 4 is 40.1 Å². The van der Waals surface area contributed by atoms with Crippen LogP contribution in [0, 0.1) is 5.41 Å². The number of carbonyl (C=O) groups is 1. The lowest BCUT2D eigenvalue weighted by molar-refractivity contribution is 0.0888. The fourth-order valence-electron chi connectivity index (χ4n) is 3.06. The Bertz CT molecular complexity index is 848. The second-order valence-corrected chi connectivity index (χ2v) is 8.67. The van der Waals surface area contributed by atoms with E-state index in [1.165, 1.54) is 12.1 Å². The number of amides is 1. The second-order valence-electron chi connectivity index (χ2n) is 7.83. The van der Waals surface area contributed by atoms with Crippen LogP contribution >= 0.6 is 23.2 Å². The highest BCUT2D eigenvalue weighted by atomic mass is 35.5. The molecular formula is C18H21Cl2NO3. The van der Waals surface area contributed by atoms with Crippen molar-refractivity contribution in [1.29, 1.82) is 0 Å². The van der Waals surface area contributed by atoms with Gasteiger partial charge in [-0.1, -0.05) is 44.0 Å². The summed E-state index contributed by atoms with van der Waals surface area (Å²) in [5.74, 6) is -0.476. The number of nitrogens with one attached hydrogen (secondary N) is 1. The van der Waals surface area contributed by atoms with E-state index < -0.39 is 17.1 Å². The number of carbonyl (C=O) groups excluding carboxylic acids is 1. The van der Waals surface area contributed by atoms with Gasteiger partial charge in [0, 0.05) is 15.9 Å². The molecule has 1 aromatic heterocycles. The molecule has 0 saturated heterocycles. The van der Waals surface area contributed by atoms with E-state index in [9.17, 15) is 9.59 Å². The molecule has 0 unspecified atom stereocenters.